The van der Waals surface area contributed by atoms with Crippen molar-refractivity contribution in [1.82, 2.24) is 4.90 Å². The van der Waals surface area contributed by atoms with Crippen LogP contribution in [0, 0.1) is 10.1 Å². The average Bonchev–Trinajstić information content (AvgIpc) is 2.92. The van der Waals surface area contributed by atoms with Crippen molar-refractivity contribution in [2.75, 3.05) is 6.54 Å². The maximum absolute atomic E-state index is 11.0. The summed E-state index contributed by atoms with van der Waals surface area (Å²) >= 11 is 1.69. The Kier molecular flexibility index (Phi) is 5.03. The molecule has 0 fully saturated rings. The lowest BCUT2D eigenvalue weighted by atomic mass is 10.1. The number of nitro groups is 1. The first-order valence-electron chi connectivity index (χ1n) is 6.28. The zero-order valence-electron chi connectivity index (χ0n) is 11.1. The van der Waals surface area contributed by atoms with E-state index in [1.54, 1.807) is 23.5 Å². The van der Waals surface area contributed by atoms with E-state index in [1.807, 2.05) is 29.7 Å². The van der Waals surface area contributed by atoms with Crippen LogP contribution in [0.5, 0.6) is 0 Å². The summed E-state index contributed by atoms with van der Waals surface area (Å²) in [6.45, 7) is 5.77. The number of hydrogen-bond acceptors (Lipinski definition) is 4. The van der Waals surface area contributed by atoms with Gasteiger partial charge in [0.2, 0.25) is 0 Å². The van der Waals surface area contributed by atoms with E-state index in [4.69, 9.17) is 0 Å². The molecule has 0 radical (unpaired) electrons. The van der Waals surface area contributed by atoms with E-state index in [0.717, 1.165) is 12.1 Å². The Morgan fingerprint density at radius 1 is 1.25 bits per heavy atom. The first-order valence-corrected chi connectivity index (χ1v) is 7.16. The Balaban J connectivity index is 2.15. The third kappa shape index (κ3) is 3.76. The van der Waals surface area contributed by atoms with Crippen LogP contribution in [0.25, 0.3) is 0 Å². The zero-order valence-corrected chi connectivity index (χ0v) is 11.9. The van der Waals surface area contributed by atoms with E-state index < -0.39 is 0 Å². The summed E-state index contributed by atoms with van der Waals surface area (Å²) in [5, 5.41) is 13.1. The molecule has 0 bridgehead atoms. The van der Waals surface area contributed by atoms with Crippen LogP contribution in [-0.2, 0) is 13.1 Å². The van der Waals surface area contributed by atoms with Crippen molar-refractivity contribution in [2.45, 2.75) is 13.1 Å². The quantitative estimate of drug-likeness (QED) is 0.442. The SMILES string of the molecule is C=CCN(Cc1cccs1)Cc1ccccc1[N+](=O)[O-]. The summed E-state index contributed by atoms with van der Waals surface area (Å²) in [6, 6.07) is 11.0. The van der Waals surface area contributed by atoms with Gasteiger partial charge >= 0.3 is 0 Å². The van der Waals surface area contributed by atoms with Crippen molar-refractivity contribution in [3.63, 3.8) is 0 Å². The van der Waals surface area contributed by atoms with Gasteiger partial charge in [0.05, 0.1) is 4.92 Å². The molecule has 2 rings (SSSR count). The van der Waals surface area contributed by atoms with Gasteiger partial charge in [-0.15, -0.1) is 17.9 Å². The maximum atomic E-state index is 11.0. The topological polar surface area (TPSA) is 46.4 Å². The Hall–Kier alpha value is -1.98. The second-order valence-corrected chi connectivity index (χ2v) is 5.46. The van der Waals surface area contributed by atoms with Crippen LogP contribution in [-0.4, -0.2) is 16.4 Å². The minimum Gasteiger partial charge on any atom is -0.290 e. The maximum Gasteiger partial charge on any atom is 0.273 e. The number of hydrogen-bond donors (Lipinski definition) is 0. The van der Waals surface area contributed by atoms with E-state index in [-0.39, 0.29) is 10.6 Å². The van der Waals surface area contributed by atoms with E-state index >= 15 is 0 Å². The van der Waals surface area contributed by atoms with Crippen LogP contribution in [0.1, 0.15) is 10.4 Å². The molecule has 0 atom stereocenters. The molecule has 0 spiro atoms. The molecule has 20 heavy (non-hydrogen) atoms. The van der Waals surface area contributed by atoms with Crippen molar-refractivity contribution >= 4 is 17.0 Å². The lowest BCUT2D eigenvalue weighted by Crippen LogP contribution is -2.22. The number of nitro benzene ring substituents is 1. The minimum atomic E-state index is -0.327. The number of para-hydroxylation sites is 1. The molecule has 0 unspecified atom stereocenters. The van der Waals surface area contributed by atoms with Crippen LogP contribution in [0.3, 0.4) is 0 Å². The normalized spacial score (nSPS) is 10.7. The monoisotopic (exact) mass is 288 g/mol. The summed E-state index contributed by atoms with van der Waals surface area (Å²) in [5.74, 6) is 0. The van der Waals surface area contributed by atoms with Crippen molar-refractivity contribution in [3.8, 4) is 0 Å². The molecule has 0 aliphatic carbocycles. The Bertz CT molecular complexity index is 581. The highest BCUT2D eigenvalue weighted by atomic mass is 32.1. The lowest BCUT2D eigenvalue weighted by Gasteiger charge is -2.19. The summed E-state index contributed by atoms with van der Waals surface area (Å²) in [7, 11) is 0. The van der Waals surface area contributed by atoms with Gasteiger partial charge in [0.1, 0.15) is 0 Å². The predicted octanol–water partition coefficient (Wildman–Crippen LogP) is 3.84. The molecule has 5 heteroatoms. The molecule has 2 aromatic rings. The van der Waals surface area contributed by atoms with Gasteiger partial charge < -0.3 is 0 Å². The van der Waals surface area contributed by atoms with Crippen LogP contribution in [0.15, 0.2) is 54.4 Å². The van der Waals surface area contributed by atoms with Gasteiger partial charge in [0, 0.05) is 36.1 Å². The number of nitrogens with zero attached hydrogens (tertiary/aromatic N) is 2. The first-order chi connectivity index (χ1) is 9.70. The fourth-order valence-corrected chi connectivity index (χ4v) is 2.80. The molecular formula is C15H16N2O2S. The zero-order chi connectivity index (χ0) is 14.4. The Morgan fingerprint density at radius 3 is 2.70 bits per heavy atom. The van der Waals surface area contributed by atoms with E-state index in [1.165, 1.54) is 4.88 Å². The molecule has 0 aliphatic rings. The fourth-order valence-electron chi connectivity index (χ4n) is 2.05. The van der Waals surface area contributed by atoms with E-state index in [9.17, 15) is 10.1 Å². The van der Waals surface area contributed by atoms with E-state index in [2.05, 4.69) is 17.5 Å². The Labute approximate surface area is 122 Å². The van der Waals surface area contributed by atoms with Gasteiger partial charge in [-0.3, -0.25) is 15.0 Å². The van der Waals surface area contributed by atoms with Crippen LogP contribution in [0.2, 0.25) is 0 Å². The molecule has 4 nitrogen and oxygen atoms in total. The molecule has 0 saturated carbocycles. The van der Waals surface area contributed by atoms with Gasteiger partial charge in [-0.25, -0.2) is 0 Å². The third-order valence-electron chi connectivity index (χ3n) is 2.93. The number of rotatable bonds is 7. The fraction of sp³-hybridized carbons (Fsp3) is 0.200. The largest absolute Gasteiger partial charge is 0.290 e. The lowest BCUT2D eigenvalue weighted by molar-refractivity contribution is -0.385. The van der Waals surface area contributed by atoms with Gasteiger partial charge in [-0.2, -0.15) is 0 Å². The van der Waals surface area contributed by atoms with E-state index in [0.29, 0.717) is 13.1 Å². The summed E-state index contributed by atoms with van der Waals surface area (Å²) in [4.78, 5) is 14.1. The van der Waals surface area contributed by atoms with Crippen LogP contribution >= 0.6 is 11.3 Å². The molecule has 0 amide bonds. The molecule has 1 aromatic carbocycles. The standard InChI is InChI=1S/C15H16N2O2S/c1-2-9-16(12-14-7-5-10-20-14)11-13-6-3-4-8-15(13)17(18)19/h2-8,10H,1,9,11-12H2. The number of benzene rings is 1. The molecule has 1 heterocycles. The second-order valence-electron chi connectivity index (χ2n) is 4.42. The second kappa shape index (κ2) is 6.98. The number of thiophene rings is 1. The smallest absolute Gasteiger partial charge is 0.273 e. The van der Waals surface area contributed by atoms with Gasteiger partial charge in [0.15, 0.2) is 0 Å². The molecular weight excluding hydrogens is 272 g/mol. The minimum absolute atomic E-state index is 0.174. The third-order valence-corrected chi connectivity index (χ3v) is 3.79. The average molecular weight is 288 g/mol. The first kappa shape index (κ1) is 14.4. The molecule has 0 saturated heterocycles. The van der Waals surface area contributed by atoms with Crippen molar-refractivity contribution in [3.05, 3.63) is 75.0 Å². The molecule has 104 valence electrons. The van der Waals surface area contributed by atoms with Crippen LogP contribution in [0.4, 0.5) is 5.69 Å². The summed E-state index contributed by atoms with van der Waals surface area (Å²) < 4.78 is 0. The highest BCUT2D eigenvalue weighted by Gasteiger charge is 2.15. The van der Waals surface area contributed by atoms with Gasteiger partial charge in [-0.05, 0) is 11.4 Å². The molecule has 0 aliphatic heterocycles. The van der Waals surface area contributed by atoms with Crippen LogP contribution < -0.4 is 0 Å². The summed E-state index contributed by atoms with van der Waals surface area (Å²) in [6.07, 6.45) is 1.82. The van der Waals surface area contributed by atoms with Gasteiger partial charge in [0.25, 0.3) is 5.69 Å². The Morgan fingerprint density at radius 2 is 2.05 bits per heavy atom. The van der Waals surface area contributed by atoms with Crippen molar-refractivity contribution in [2.24, 2.45) is 0 Å². The highest BCUT2D eigenvalue weighted by molar-refractivity contribution is 7.09. The molecule has 1 aromatic heterocycles. The molecule has 0 N–H and O–H groups in total. The predicted molar refractivity (Wildman–Crippen MR) is 81.7 cm³/mol. The van der Waals surface area contributed by atoms with Gasteiger partial charge in [-0.1, -0.05) is 30.3 Å². The summed E-state index contributed by atoms with van der Waals surface area (Å²) in [5.41, 5.74) is 0.906. The van der Waals surface area contributed by atoms with Crippen molar-refractivity contribution < 1.29 is 4.92 Å². The van der Waals surface area contributed by atoms with Crippen molar-refractivity contribution in [1.29, 1.82) is 0 Å². The highest BCUT2D eigenvalue weighted by Crippen LogP contribution is 2.21.